The van der Waals surface area contributed by atoms with E-state index in [4.69, 9.17) is 0 Å². The number of aromatic nitrogens is 3. The number of nitrogens with zero attached hydrogens (tertiary/aromatic N) is 3. The maximum absolute atomic E-state index is 12.4. The topological polar surface area (TPSA) is 114 Å². The van der Waals surface area contributed by atoms with Crippen LogP contribution in [0.3, 0.4) is 0 Å². The van der Waals surface area contributed by atoms with Gasteiger partial charge in [0.05, 0.1) is 23.0 Å². The third-order valence-corrected chi connectivity index (χ3v) is 5.01. The predicted molar refractivity (Wildman–Crippen MR) is 82.6 cm³/mol. The van der Waals surface area contributed by atoms with E-state index < -0.39 is 22.0 Å². The summed E-state index contributed by atoms with van der Waals surface area (Å²) in [6, 6.07) is 4.70. The zero-order valence-corrected chi connectivity index (χ0v) is 13.6. The van der Waals surface area contributed by atoms with Crippen LogP contribution < -0.4 is 4.72 Å². The molecular formula is C14H18N4O4S. The third kappa shape index (κ3) is 3.93. The molecule has 2 rings (SSSR count). The molecule has 0 aliphatic rings. The van der Waals surface area contributed by atoms with Crippen LogP contribution in [-0.2, 0) is 14.8 Å². The van der Waals surface area contributed by atoms with E-state index in [1.54, 1.807) is 26.0 Å². The molecule has 1 aromatic heterocycles. The van der Waals surface area contributed by atoms with Crippen molar-refractivity contribution in [1.29, 1.82) is 0 Å². The lowest BCUT2D eigenvalue weighted by Gasteiger charge is -2.20. The van der Waals surface area contributed by atoms with E-state index in [-0.39, 0.29) is 10.8 Å². The molecule has 23 heavy (non-hydrogen) atoms. The van der Waals surface area contributed by atoms with E-state index in [0.717, 1.165) is 0 Å². The Bertz CT molecular complexity index is 757. The molecule has 0 aliphatic heterocycles. The fourth-order valence-corrected chi connectivity index (χ4v) is 3.29. The molecular weight excluding hydrogens is 320 g/mol. The van der Waals surface area contributed by atoms with Gasteiger partial charge in [-0.3, -0.25) is 4.79 Å². The van der Waals surface area contributed by atoms with Crippen molar-refractivity contribution in [2.75, 3.05) is 0 Å². The molecule has 0 amide bonds. The minimum absolute atomic E-state index is 0.0111. The van der Waals surface area contributed by atoms with E-state index in [2.05, 4.69) is 14.9 Å². The third-order valence-electron chi connectivity index (χ3n) is 3.56. The maximum Gasteiger partial charge on any atom is 0.322 e. The number of benzene rings is 1. The molecule has 0 saturated carbocycles. The molecule has 1 heterocycles. The Hall–Kier alpha value is -2.26. The molecule has 2 aromatic rings. The highest BCUT2D eigenvalue weighted by Crippen LogP contribution is 2.16. The monoisotopic (exact) mass is 338 g/mol. The van der Waals surface area contributed by atoms with E-state index in [0.29, 0.717) is 12.1 Å². The average molecular weight is 338 g/mol. The molecule has 0 unspecified atom stereocenters. The van der Waals surface area contributed by atoms with Crippen molar-refractivity contribution in [3.05, 3.63) is 36.7 Å². The Morgan fingerprint density at radius 2 is 1.83 bits per heavy atom. The second-order valence-electron chi connectivity index (χ2n) is 5.14. The van der Waals surface area contributed by atoms with Gasteiger partial charge in [0.25, 0.3) is 0 Å². The van der Waals surface area contributed by atoms with Crippen LogP contribution in [0.25, 0.3) is 5.69 Å². The normalized spacial score (nSPS) is 14.3. The number of nitrogens with one attached hydrogen (secondary N) is 1. The van der Waals surface area contributed by atoms with Gasteiger partial charge in [-0.15, -0.1) is 0 Å². The zero-order chi connectivity index (χ0) is 17.0. The summed E-state index contributed by atoms with van der Waals surface area (Å²) >= 11 is 0. The summed E-state index contributed by atoms with van der Waals surface area (Å²) in [6.07, 6.45) is 3.56. The standard InChI is InChI=1S/C14H18N4O4S/c1-3-10(2)13(14(19)20)17-23(21,22)12-6-4-11(5-7-12)18-15-8-9-16-18/h4-10,13,17H,3H2,1-2H3,(H,19,20)/t10-,13-/m1/s1. The van der Waals surface area contributed by atoms with Crippen molar-refractivity contribution in [3.63, 3.8) is 0 Å². The van der Waals surface area contributed by atoms with Crippen molar-refractivity contribution in [1.82, 2.24) is 19.7 Å². The minimum Gasteiger partial charge on any atom is -0.480 e. The van der Waals surface area contributed by atoms with Crippen LogP contribution in [0.5, 0.6) is 0 Å². The van der Waals surface area contributed by atoms with E-state index >= 15 is 0 Å². The molecule has 0 spiro atoms. The molecule has 0 saturated heterocycles. The fraction of sp³-hybridized carbons (Fsp3) is 0.357. The summed E-state index contributed by atoms with van der Waals surface area (Å²) in [6.45, 7) is 3.49. The summed E-state index contributed by atoms with van der Waals surface area (Å²) in [5, 5.41) is 17.1. The van der Waals surface area contributed by atoms with Crippen LogP contribution in [0.4, 0.5) is 0 Å². The van der Waals surface area contributed by atoms with Gasteiger partial charge in [0.1, 0.15) is 6.04 Å². The van der Waals surface area contributed by atoms with Gasteiger partial charge < -0.3 is 5.11 Å². The molecule has 9 heteroatoms. The van der Waals surface area contributed by atoms with Crippen LogP contribution in [-0.4, -0.2) is 40.5 Å². The van der Waals surface area contributed by atoms with Gasteiger partial charge in [-0.2, -0.15) is 19.7 Å². The molecule has 2 atom stereocenters. The molecule has 0 bridgehead atoms. The number of aliphatic carboxylic acids is 1. The van der Waals surface area contributed by atoms with Crippen LogP contribution in [0.1, 0.15) is 20.3 Å². The summed E-state index contributed by atoms with van der Waals surface area (Å²) in [5.41, 5.74) is 0.602. The smallest absolute Gasteiger partial charge is 0.322 e. The van der Waals surface area contributed by atoms with E-state index in [1.165, 1.54) is 29.3 Å². The fourth-order valence-electron chi connectivity index (χ4n) is 1.99. The molecule has 2 N–H and O–H groups in total. The van der Waals surface area contributed by atoms with Gasteiger partial charge in [-0.25, -0.2) is 8.42 Å². The maximum atomic E-state index is 12.4. The predicted octanol–water partition coefficient (Wildman–Crippen LogP) is 1.04. The van der Waals surface area contributed by atoms with Gasteiger partial charge >= 0.3 is 5.97 Å². The first-order chi connectivity index (χ1) is 10.8. The number of hydrogen-bond acceptors (Lipinski definition) is 5. The number of carboxylic acid groups (broad SMARTS) is 1. The Morgan fingerprint density at radius 3 is 2.30 bits per heavy atom. The van der Waals surface area contributed by atoms with Crippen LogP contribution in [0.15, 0.2) is 41.6 Å². The summed E-state index contributed by atoms with van der Waals surface area (Å²) in [5.74, 6) is -1.52. The number of rotatable bonds is 7. The number of carboxylic acids is 1. The van der Waals surface area contributed by atoms with Crippen molar-refractivity contribution < 1.29 is 18.3 Å². The van der Waals surface area contributed by atoms with Crippen molar-refractivity contribution in [3.8, 4) is 5.69 Å². The average Bonchev–Trinajstić information content (AvgIpc) is 3.06. The molecule has 124 valence electrons. The van der Waals surface area contributed by atoms with Crippen molar-refractivity contribution >= 4 is 16.0 Å². The Balaban J connectivity index is 2.23. The van der Waals surface area contributed by atoms with Gasteiger partial charge in [0.2, 0.25) is 10.0 Å². The molecule has 0 fully saturated rings. The van der Waals surface area contributed by atoms with Crippen LogP contribution in [0.2, 0.25) is 0 Å². The molecule has 0 aliphatic carbocycles. The van der Waals surface area contributed by atoms with Crippen molar-refractivity contribution in [2.24, 2.45) is 5.92 Å². The quantitative estimate of drug-likeness (QED) is 0.780. The summed E-state index contributed by atoms with van der Waals surface area (Å²) in [7, 11) is -3.93. The number of hydrogen-bond donors (Lipinski definition) is 2. The van der Waals surface area contributed by atoms with Crippen LogP contribution in [0, 0.1) is 5.92 Å². The second kappa shape index (κ2) is 6.88. The van der Waals surface area contributed by atoms with Crippen LogP contribution >= 0.6 is 0 Å². The lowest BCUT2D eigenvalue weighted by Crippen LogP contribution is -2.44. The summed E-state index contributed by atoms with van der Waals surface area (Å²) < 4.78 is 27.0. The number of carbonyl (C=O) groups is 1. The van der Waals surface area contributed by atoms with Gasteiger partial charge in [-0.05, 0) is 30.2 Å². The summed E-state index contributed by atoms with van der Waals surface area (Å²) in [4.78, 5) is 12.6. The second-order valence-corrected chi connectivity index (χ2v) is 6.85. The molecule has 8 nitrogen and oxygen atoms in total. The Morgan fingerprint density at radius 1 is 1.26 bits per heavy atom. The van der Waals surface area contributed by atoms with Gasteiger partial charge in [0, 0.05) is 0 Å². The first kappa shape index (κ1) is 17.1. The minimum atomic E-state index is -3.93. The highest BCUT2D eigenvalue weighted by Gasteiger charge is 2.29. The van der Waals surface area contributed by atoms with Gasteiger partial charge in [0.15, 0.2) is 0 Å². The molecule has 0 radical (unpaired) electrons. The first-order valence-electron chi connectivity index (χ1n) is 7.07. The zero-order valence-electron chi connectivity index (χ0n) is 12.7. The largest absolute Gasteiger partial charge is 0.480 e. The lowest BCUT2D eigenvalue weighted by atomic mass is 10.0. The Labute approximate surface area is 134 Å². The van der Waals surface area contributed by atoms with Crippen molar-refractivity contribution in [2.45, 2.75) is 31.2 Å². The Kier molecular flexibility index (Phi) is 5.12. The van der Waals surface area contributed by atoms with E-state index in [9.17, 15) is 18.3 Å². The first-order valence-corrected chi connectivity index (χ1v) is 8.55. The molecule has 1 aromatic carbocycles. The number of sulfonamides is 1. The van der Waals surface area contributed by atoms with E-state index in [1.807, 2.05) is 0 Å². The highest BCUT2D eigenvalue weighted by molar-refractivity contribution is 7.89. The SMILES string of the molecule is CC[C@@H](C)[C@@H](NS(=O)(=O)c1ccc(-n2nccn2)cc1)C(=O)O. The lowest BCUT2D eigenvalue weighted by molar-refractivity contribution is -0.140. The highest BCUT2D eigenvalue weighted by atomic mass is 32.2. The van der Waals surface area contributed by atoms with Gasteiger partial charge in [-0.1, -0.05) is 20.3 Å².